The summed E-state index contributed by atoms with van der Waals surface area (Å²) >= 11 is 0. The minimum absolute atomic E-state index is 0. The molecule has 1 aromatic heterocycles. The summed E-state index contributed by atoms with van der Waals surface area (Å²) in [6.07, 6.45) is 2.38. The average Bonchev–Trinajstić information content (AvgIpc) is 2.88. The van der Waals surface area contributed by atoms with Crippen LogP contribution < -0.4 is 10.6 Å². The van der Waals surface area contributed by atoms with E-state index in [9.17, 15) is 14.9 Å². The Bertz CT molecular complexity index is 474. The molecule has 0 radical (unpaired) electrons. The van der Waals surface area contributed by atoms with E-state index in [1.807, 2.05) is 0 Å². The van der Waals surface area contributed by atoms with Crippen LogP contribution in [0.15, 0.2) is 12.4 Å². The molecule has 10 heteroatoms. The predicted molar refractivity (Wildman–Crippen MR) is 78.4 cm³/mol. The van der Waals surface area contributed by atoms with Crippen LogP contribution in [-0.4, -0.2) is 64.8 Å². The van der Waals surface area contributed by atoms with E-state index in [2.05, 4.69) is 20.6 Å². The second-order valence-electron chi connectivity index (χ2n) is 4.59. The number of aromatic nitrogens is 2. The van der Waals surface area contributed by atoms with Crippen molar-refractivity contribution in [3.8, 4) is 0 Å². The van der Waals surface area contributed by atoms with Crippen LogP contribution in [0.2, 0.25) is 0 Å². The first-order chi connectivity index (χ1) is 9.65. The Labute approximate surface area is 128 Å². The molecule has 0 atom stereocenters. The van der Waals surface area contributed by atoms with Crippen LogP contribution in [0.5, 0.6) is 0 Å². The summed E-state index contributed by atoms with van der Waals surface area (Å²) in [7, 11) is 0. The molecule has 1 fully saturated rings. The van der Waals surface area contributed by atoms with Crippen molar-refractivity contribution in [1.82, 2.24) is 25.3 Å². The fourth-order valence-corrected chi connectivity index (χ4v) is 2.02. The van der Waals surface area contributed by atoms with Gasteiger partial charge in [-0.15, -0.1) is 12.4 Å². The van der Waals surface area contributed by atoms with Crippen LogP contribution in [0.3, 0.4) is 0 Å². The number of nitro groups is 1. The smallest absolute Gasteiger partial charge is 0.307 e. The van der Waals surface area contributed by atoms with E-state index in [0.717, 1.165) is 38.9 Å². The Balaban J connectivity index is 0.00000220. The second-order valence-corrected chi connectivity index (χ2v) is 4.59. The maximum atomic E-state index is 11.7. The van der Waals surface area contributed by atoms with Gasteiger partial charge in [-0.2, -0.15) is 5.10 Å². The van der Waals surface area contributed by atoms with Crippen molar-refractivity contribution in [3.63, 3.8) is 0 Å². The number of nitrogens with one attached hydrogen (secondary N) is 2. The van der Waals surface area contributed by atoms with Gasteiger partial charge in [-0.25, -0.2) is 0 Å². The minimum Gasteiger partial charge on any atom is -0.353 e. The number of rotatable bonds is 6. The van der Waals surface area contributed by atoms with Crippen LogP contribution in [0.1, 0.15) is 0 Å². The van der Waals surface area contributed by atoms with Gasteiger partial charge in [-0.1, -0.05) is 0 Å². The van der Waals surface area contributed by atoms with Crippen molar-refractivity contribution in [2.24, 2.45) is 0 Å². The normalized spacial score (nSPS) is 15.2. The summed E-state index contributed by atoms with van der Waals surface area (Å²) in [4.78, 5) is 23.9. The predicted octanol–water partition coefficient (Wildman–Crippen LogP) is -0.765. The lowest BCUT2D eigenvalue weighted by atomic mass is 10.3. The Morgan fingerprint density at radius 3 is 2.81 bits per heavy atom. The fraction of sp³-hybridized carbons (Fsp3) is 0.636. The molecule has 1 amide bonds. The van der Waals surface area contributed by atoms with E-state index in [0.29, 0.717) is 6.54 Å². The molecule has 9 nitrogen and oxygen atoms in total. The zero-order valence-corrected chi connectivity index (χ0v) is 12.3. The SMILES string of the molecule is Cl.O=C(Cn1cc([N+](=O)[O-])cn1)NCCN1CCNCC1. The molecule has 118 valence electrons. The topological polar surface area (TPSA) is 105 Å². The number of carbonyl (C=O) groups is 1. The maximum Gasteiger partial charge on any atom is 0.307 e. The summed E-state index contributed by atoms with van der Waals surface area (Å²) in [5.41, 5.74) is -0.112. The van der Waals surface area contributed by atoms with Gasteiger partial charge in [0.1, 0.15) is 18.9 Å². The van der Waals surface area contributed by atoms with Crippen LogP contribution in [0, 0.1) is 10.1 Å². The number of amides is 1. The first-order valence-corrected chi connectivity index (χ1v) is 6.52. The summed E-state index contributed by atoms with van der Waals surface area (Å²) < 4.78 is 1.26. The molecule has 1 aromatic rings. The van der Waals surface area contributed by atoms with Gasteiger partial charge < -0.3 is 10.6 Å². The highest BCUT2D eigenvalue weighted by Crippen LogP contribution is 2.07. The molecule has 2 heterocycles. The lowest BCUT2D eigenvalue weighted by Gasteiger charge is -2.27. The molecule has 1 aliphatic heterocycles. The summed E-state index contributed by atoms with van der Waals surface area (Å²) in [5.74, 6) is -0.196. The highest BCUT2D eigenvalue weighted by Gasteiger charge is 2.12. The molecular formula is C11H19ClN6O3. The Morgan fingerprint density at radius 1 is 1.48 bits per heavy atom. The third-order valence-corrected chi connectivity index (χ3v) is 3.10. The number of halogens is 1. The van der Waals surface area contributed by atoms with E-state index in [4.69, 9.17) is 0 Å². The summed E-state index contributed by atoms with van der Waals surface area (Å²) in [5, 5.41) is 20.3. The molecular weight excluding hydrogens is 300 g/mol. The number of carbonyl (C=O) groups excluding carboxylic acids is 1. The van der Waals surface area contributed by atoms with Gasteiger partial charge in [0, 0.05) is 39.3 Å². The first kappa shape index (κ1) is 17.3. The van der Waals surface area contributed by atoms with Gasteiger partial charge in [-0.3, -0.25) is 24.5 Å². The number of hydrogen-bond donors (Lipinski definition) is 2. The van der Waals surface area contributed by atoms with Crippen LogP contribution in [0.4, 0.5) is 5.69 Å². The van der Waals surface area contributed by atoms with Crippen LogP contribution >= 0.6 is 12.4 Å². The van der Waals surface area contributed by atoms with Crippen molar-refractivity contribution in [2.45, 2.75) is 6.54 Å². The minimum atomic E-state index is -0.536. The quantitative estimate of drug-likeness (QED) is 0.527. The van der Waals surface area contributed by atoms with E-state index >= 15 is 0 Å². The molecule has 2 rings (SSSR count). The molecule has 1 aliphatic rings. The maximum absolute atomic E-state index is 11.7. The van der Waals surface area contributed by atoms with E-state index in [1.54, 1.807) is 0 Å². The molecule has 0 spiro atoms. The molecule has 1 saturated heterocycles. The van der Waals surface area contributed by atoms with Crippen molar-refractivity contribution >= 4 is 24.0 Å². The molecule has 0 aliphatic carbocycles. The van der Waals surface area contributed by atoms with Crippen molar-refractivity contribution in [1.29, 1.82) is 0 Å². The van der Waals surface area contributed by atoms with E-state index < -0.39 is 4.92 Å². The van der Waals surface area contributed by atoms with Gasteiger partial charge in [-0.05, 0) is 0 Å². The highest BCUT2D eigenvalue weighted by atomic mass is 35.5. The van der Waals surface area contributed by atoms with Crippen molar-refractivity contribution in [3.05, 3.63) is 22.5 Å². The van der Waals surface area contributed by atoms with Gasteiger partial charge >= 0.3 is 5.69 Å². The third-order valence-electron chi connectivity index (χ3n) is 3.10. The molecule has 0 saturated carbocycles. The van der Waals surface area contributed by atoms with Crippen LogP contribution in [0.25, 0.3) is 0 Å². The molecule has 2 N–H and O–H groups in total. The fourth-order valence-electron chi connectivity index (χ4n) is 2.02. The Kier molecular flexibility index (Phi) is 7.06. The number of piperazine rings is 1. The molecule has 21 heavy (non-hydrogen) atoms. The van der Waals surface area contributed by atoms with Crippen LogP contribution in [-0.2, 0) is 11.3 Å². The standard InChI is InChI=1S/C11H18N6O3.ClH/c18-11(9-16-8-10(7-14-16)17(19)20)13-3-6-15-4-1-12-2-5-15;/h7-8,12H,1-6,9H2,(H,13,18);1H. The van der Waals surface area contributed by atoms with Gasteiger partial charge in [0.25, 0.3) is 0 Å². The summed E-state index contributed by atoms with van der Waals surface area (Å²) in [6, 6.07) is 0. The molecule has 0 bridgehead atoms. The zero-order valence-electron chi connectivity index (χ0n) is 11.5. The largest absolute Gasteiger partial charge is 0.353 e. The monoisotopic (exact) mass is 318 g/mol. The number of nitrogens with zero attached hydrogens (tertiary/aromatic N) is 4. The summed E-state index contributed by atoms with van der Waals surface area (Å²) in [6.45, 7) is 5.31. The van der Waals surface area contributed by atoms with E-state index in [1.165, 1.54) is 10.9 Å². The lowest BCUT2D eigenvalue weighted by Crippen LogP contribution is -2.46. The van der Waals surface area contributed by atoms with Crippen molar-refractivity contribution in [2.75, 3.05) is 39.3 Å². The van der Waals surface area contributed by atoms with E-state index in [-0.39, 0.29) is 30.5 Å². The second kappa shape index (κ2) is 8.55. The highest BCUT2D eigenvalue weighted by molar-refractivity contribution is 5.85. The molecule has 0 unspecified atom stereocenters. The zero-order chi connectivity index (χ0) is 14.4. The Hall–Kier alpha value is -1.71. The Morgan fingerprint density at radius 2 is 2.19 bits per heavy atom. The van der Waals surface area contributed by atoms with Crippen molar-refractivity contribution < 1.29 is 9.72 Å². The molecule has 0 aromatic carbocycles. The van der Waals surface area contributed by atoms with Gasteiger partial charge in [0.2, 0.25) is 5.91 Å². The number of hydrogen-bond acceptors (Lipinski definition) is 6. The van der Waals surface area contributed by atoms with Gasteiger partial charge in [0.05, 0.1) is 4.92 Å². The first-order valence-electron chi connectivity index (χ1n) is 6.52. The van der Waals surface area contributed by atoms with Gasteiger partial charge in [0.15, 0.2) is 0 Å². The average molecular weight is 319 g/mol. The lowest BCUT2D eigenvalue weighted by molar-refractivity contribution is -0.385. The third kappa shape index (κ3) is 5.66.